The number of nitrogens with one attached hydrogen (secondary N) is 1. The molecule has 0 bridgehead atoms. The smallest absolute Gasteiger partial charge is 0.300 e. The molecular weight excluding hydrogens is 304 g/mol. The van der Waals surface area contributed by atoms with Crippen molar-refractivity contribution in [3.63, 3.8) is 0 Å². The molecule has 22 heavy (non-hydrogen) atoms. The van der Waals surface area contributed by atoms with Crippen LogP contribution in [0.15, 0.2) is 29.4 Å². The van der Waals surface area contributed by atoms with Crippen LogP contribution in [0.2, 0.25) is 0 Å². The van der Waals surface area contributed by atoms with E-state index in [2.05, 4.69) is 22.1 Å². The van der Waals surface area contributed by atoms with E-state index < -0.39 is 5.97 Å². The number of nitrogens with zero attached hydrogens (tertiary/aromatic N) is 2. The van der Waals surface area contributed by atoms with Crippen molar-refractivity contribution >= 4 is 23.7 Å². The lowest BCUT2D eigenvalue weighted by atomic mass is 10.2. The van der Waals surface area contributed by atoms with Gasteiger partial charge < -0.3 is 15.6 Å². The lowest BCUT2D eigenvalue weighted by Crippen LogP contribution is -1.98. The Morgan fingerprint density at radius 2 is 2.05 bits per heavy atom. The molecule has 2 aromatic rings. The van der Waals surface area contributed by atoms with Crippen molar-refractivity contribution in [3.05, 3.63) is 29.8 Å². The summed E-state index contributed by atoms with van der Waals surface area (Å²) in [5.41, 5.74) is 6.67. The molecule has 2 rings (SSSR count). The van der Waals surface area contributed by atoms with Crippen molar-refractivity contribution in [3.8, 4) is 5.75 Å². The molecule has 7 nitrogen and oxygen atoms in total. The van der Waals surface area contributed by atoms with Crippen molar-refractivity contribution in [1.29, 1.82) is 0 Å². The Bertz CT molecular complexity index is 568. The fraction of sp³-hybridized carbons (Fsp3) is 0.357. The van der Waals surface area contributed by atoms with Crippen molar-refractivity contribution in [2.24, 2.45) is 0 Å². The highest BCUT2D eigenvalue weighted by Crippen LogP contribution is 2.15. The third-order valence-corrected chi connectivity index (χ3v) is 3.23. The van der Waals surface area contributed by atoms with Gasteiger partial charge in [-0.1, -0.05) is 29.5 Å². The maximum absolute atomic E-state index is 9.00. The second kappa shape index (κ2) is 9.67. The number of anilines is 1. The molecule has 0 saturated heterocycles. The minimum Gasteiger partial charge on any atom is -0.494 e. The number of hydrogen-bond donors (Lipinski definition) is 3. The zero-order valence-electron chi connectivity index (χ0n) is 12.6. The minimum atomic E-state index is -0.833. The summed E-state index contributed by atoms with van der Waals surface area (Å²) in [6, 6.07) is 8.05. The first-order chi connectivity index (χ1) is 10.5. The highest BCUT2D eigenvalue weighted by Gasteiger charge is 2.00. The number of hydrogen-bond acceptors (Lipinski definition) is 6. The molecular formula is C14H20N4O3S. The number of aromatic amines is 1. The predicted molar refractivity (Wildman–Crippen MR) is 86.1 cm³/mol. The van der Waals surface area contributed by atoms with E-state index in [0.717, 1.165) is 24.8 Å². The Kier molecular flexibility index (Phi) is 7.84. The van der Waals surface area contributed by atoms with Crippen molar-refractivity contribution in [2.75, 3.05) is 18.1 Å². The van der Waals surface area contributed by atoms with Gasteiger partial charge >= 0.3 is 0 Å². The van der Waals surface area contributed by atoms with Crippen molar-refractivity contribution in [2.45, 2.75) is 25.4 Å². The van der Waals surface area contributed by atoms with Gasteiger partial charge in [0.05, 0.1) is 6.61 Å². The summed E-state index contributed by atoms with van der Waals surface area (Å²) >= 11 is 1.57. The van der Waals surface area contributed by atoms with Gasteiger partial charge in [-0.05, 0) is 25.5 Å². The quantitative estimate of drug-likeness (QED) is 0.552. The van der Waals surface area contributed by atoms with Gasteiger partial charge in [-0.3, -0.25) is 4.79 Å². The van der Waals surface area contributed by atoms with Gasteiger partial charge in [0.1, 0.15) is 5.75 Å². The summed E-state index contributed by atoms with van der Waals surface area (Å²) in [4.78, 5) is 13.0. The third-order valence-electron chi connectivity index (χ3n) is 2.29. The topological polar surface area (TPSA) is 114 Å². The van der Waals surface area contributed by atoms with Crippen LogP contribution in [0.5, 0.6) is 5.75 Å². The van der Waals surface area contributed by atoms with E-state index in [-0.39, 0.29) is 0 Å². The molecule has 1 heterocycles. The molecule has 0 fully saturated rings. The Hall–Kier alpha value is -2.22. The number of aryl methyl sites for hydroxylation is 1. The molecule has 8 heteroatoms. The number of thioether (sulfide) groups is 1. The molecule has 0 radical (unpaired) electrons. The molecule has 0 amide bonds. The minimum absolute atomic E-state index is 0.355. The van der Waals surface area contributed by atoms with Crippen LogP contribution < -0.4 is 10.5 Å². The predicted octanol–water partition coefficient (Wildman–Crippen LogP) is 2.35. The van der Waals surface area contributed by atoms with Gasteiger partial charge in [0.15, 0.2) is 0 Å². The Labute approximate surface area is 133 Å². The van der Waals surface area contributed by atoms with E-state index in [4.69, 9.17) is 20.4 Å². The summed E-state index contributed by atoms with van der Waals surface area (Å²) in [6.45, 7) is 3.83. The first kappa shape index (κ1) is 17.8. The number of nitrogen functional groups attached to an aromatic ring is 1. The molecule has 0 saturated carbocycles. The molecule has 0 unspecified atom stereocenters. The van der Waals surface area contributed by atoms with Crippen LogP contribution in [0.25, 0.3) is 0 Å². The molecule has 1 aromatic heterocycles. The zero-order valence-corrected chi connectivity index (χ0v) is 13.4. The number of H-pyrrole nitrogens is 1. The Morgan fingerprint density at radius 3 is 2.59 bits per heavy atom. The highest BCUT2D eigenvalue weighted by molar-refractivity contribution is 7.99. The lowest BCUT2D eigenvalue weighted by molar-refractivity contribution is -0.134. The van der Waals surface area contributed by atoms with Gasteiger partial charge in [0.2, 0.25) is 11.1 Å². The van der Waals surface area contributed by atoms with Gasteiger partial charge in [-0.2, -0.15) is 4.98 Å². The van der Waals surface area contributed by atoms with Crippen LogP contribution >= 0.6 is 11.8 Å². The number of ether oxygens (including phenoxy) is 1. The standard InChI is InChI=1S/C12H16N4OS.C2H4O2/c1-9-3-5-10(6-4-9)17-7-2-8-18-12-14-11(13)15-16-12;1-2(3)4/h3-6H,2,7-8H2,1H3,(H3,13,14,15,16);1H3,(H,3,4). The van der Waals surface area contributed by atoms with Gasteiger partial charge in [-0.15, -0.1) is 5.10 Å². The van der Waals surface area contributed by atoms with Crippen molar-refractivity contribution < 1.29 is 14.6 Å². The first-order valence-corrected chi connectivity index (χ1v) is 7.65. The Balaban J connectivity index is 0.000000541. The number of benzene rings is 1. The molecule has 1 aromatic carbocycles. The normalized spacial score (nSPS) is 9.73. The number of rotatable bonds is 6. The van der Waals surface area contributed by atoms with Crippen LogP contribution in [0.3, 0.4) is 0 Å². The van der Waals surface area contributed by atoms with Gasteiger partial charge in [0, 0.05) is 12.7 Å². The summed E-state index contributed by atoms with van der Waals surface area (Å²) in [5.74, 6) is 1.34. The summed E-state index contributed by atoms with van der Waals surface area (Å²) in [7, 11) is 0. The Morgan fingerprint density at radius 1 is 1.41 bits per heavy atom. The zero-order chi connectivity index (χ0) is 16.4. The monoisotopic (exact) mass is 324 g/mol. The van der Waals surface area contributed by atoms with E-state index >= 15 is 0 Å². The molecule has 4 N–H and O–H groups in total. The van der Waals surface area contributed by atoms with Crippen LogP contribution in [-0.4, -0.2) is 38.6 Å². The number of carbonyl (C=O) groups is 1. The number of aliphatic carboxylic acids is 1. The molecule has 120 valence electrons. The largest absolute Gasteiger partial charge is 0.494 e. The van der Waals surface area contributed by atoms with Gasteiger partial charge in [0.25, 0.3) is 5.97 Å². The average molecular weight is 324 g/mol. The molecule has 0 aliphatic heterocycles. The fourth-order valence-corrected chi connectivity index (χ4v) is 2.09. The van der Waals surface area contributed by atoms with E-state index in [1.165, 1.54) is 5.56 Å². The number of carboxylic acids is 1. The maximum Gasteiger partial charge on any atom is 0.300 e. The van der Waals surface area contributed by atoms with Crippen LogP contribution in [-0.2, 0) is 4.79 Å². The second-order valence-corrected chi connectivity index (χ2v) is 5.45. The SMILES string of the molecule is CC(=O)O.Cc1ccc(OCCCSc2n[nH]c(N)n2)cc1. The summed E-state index contributed by atoms with van der Waals surface area (Å²) in [5, 5.41) is 14.6. The molecule has 0 atom stereocenters. The van der Waals surface area contributed by atoms with E-state index in [1.807, 2.05) is 24.3 Å². The number of nitrogens with two attached hydrogens (primary N) is 1. The molecule has 0 aliphatic carbocycles. The lowest BCUT2D eigenvalue weighted by Gasteiger charge is -2.05. The van der Waals surface area contributed by atoms with Crippen LogP contribution in [0.4, 0.5) is 5.95 Å². The molecule has 0 spiro atoms. The second-order valence-electron chi connectivity index (χ2n) is 4.39. The summed E-state index contributed by atoms with van der Waals surface area (Å²) < 4.78 is 5.62. The van der Waals surface area contributed by atoms with Crippen LogP contribution in [0, 0.1) is 6.92 Å². The average Bonchev–Trinajstić information content (AvgIpc) is 2.86. The van der Waals surface area contributed by atoms with Crippen molar-refractivity contribution in [1.82, 2.24) is 15.2 Å². The van der Waals surface area contributed by atoms with Gasteiger partial charge in [-0.25, -0.2) is 5.10 Å². The van der Waals surface area contributed by atoms with Crippen LogP contribution in [0.1, 0.15) is 18.9 Å². The fourth-order valence-electron chi connectivity index (χ4n) is 1.37. The third kappa shape index (κ3) is 8.15. The van der Waals surface area contributed by atoms with E-state index in [0.29, 0.717) is 17.7 Å². The van der Waals surface area contributed by atoms with E-state index in [9.17, 15) is 0 Å². The highest BCUT2D eigenvalue weighted by atomic mass is 32.2. The number of aromatic nitrogens is 3. The number of carboxylic acid groups (broad SMARTS) is 1. The first-order valence-electron chi connectivity index (χ1n) is 6.67. The summed E-state index contributed by atoms with van der Waals surface area (Å²) in [6.07, 6.45) is 0.937. The molecule has 0 aliphatic rings. The van der Waals surface area contributed by atoms with E-state index in [1.54, 1.807) is 11.8 Å². The maximum atomic E-state index is 9.00.